The van der Waals surface area contributed by atoms with Crippen LogP contribution in [0.5, 0.6) is 0 Å². The van der Waals surface area contributed by atoms with Crippen molar-refractivity contribution in [2.75, 3.05) is 0 Å². The molecule has 0 aliphatic carbocycles. The Morgan fingerprint density at radius 2 is 0.974 bits per heavy atom. The number of aliphatic carboxylic acids is 3. The van der Waals surface area contributed by atoms with Gasteiger partial charge in [0.25, 0.3) is 0 Å². The molecule has 8 N–H and O–H groups in total. The van der Waals surface area contributed by atoms with Crippen molar-refractivity contribution in [3.05, 3.63) is 71.8 Å². The highest BCUT2D eigenvalue weighted by atomic mass is 16.4. The molecule has 2 rings (SSSR count). The third kappa shape index (κ3) is 10.6. The van der Waals surface area contributed by atoms with Crippen LogP contribution < -0.4 is 21.7 Å². The minimum atomic E-state index is -1.76. The van der Waals surface area contributed by atoms with Gasteiger partial charge in [0.1, 0.15) is 18.1 Å². The largest absolute Gasteiger partial charge is 0.481 e. The maximum absolute atomic E-state index is 12.9. The molecule has 2 aromatic carbocycles. The Kier molecular flexibility index (Phi) is 11.6. The van der Waals surface area contributed by atoms with Crippen LogP contribution in [0, 0.1) is 0 Å². The van der Waals surface area contributed by atoms with Gasteiger partial charge in [-0.1, -0.05) is 60.7 Å². The number of nitrogens with two attached hydrogens (primary N) is 1. The molecule has 13 heteroatoms. The van der Waals surface area contributed by atoms with Crippen molar-refractivity contribution >= 4 is 35.6 Å². The van der Waals surface area contributed by atoms with Crippen LogP contribution in [-0.2, 0) is 41.6 Å². The number of benzene rings is 2. The Labute approximate surface area is 223 Å². The zero-order valence-electron chi connectivity index (χ0n) is 20.8. The van der Waals surface area contributed by atoms with E-state index in [1.54, 1.807) is 60.7 Å². The van der Waals surface area contributed by atoms with Crippen LogP contribution in [0.15, 0.2) is 60.7 Å². The molecule has 13 nitrogen and oxygen atoms in total. The molecule has 0 saturated carbocycles. The van der Waals surface area contributed by atoms with Crippen LogP contribution in [0.2, 0.25) is 0 Å². The quantitative estimate of drug-likeness (QED) is 0.150. The minimum Gasteiger partial charge on any atom is -0.481 e. The monoisotopic (exact) mass is 542 g/mol. The molecule has 208 valence electrons. The number of carboxylic acid groups (broad SMARTS) is 3. The zero-order chi connectivity index (χ0) is 28.9. The van der Waals surface area contributed by atoms with Crippen LogP contribution in [0.25, 0.3) is 0 Å². The van der Waals surface area contributed by atoms with Crippen LogP contribution >= 0.6 is 0 Å². The normalized spacial score (nSPS) is 13.7. The summed E-state index contributed by atoms with van der Waals surface area (Å²) in [4.78, 5) is 72.7. The summed E-state index contributed by atoms with van der Waals surface area (Å²) in [6.45, 7) is 0. The summed E-state index contributed by atoms with van der Waals surface area (Å²) >= 11 is 0. The van der Waals surface area contributed by atoms with E-state index in [9.17, 15) is 44.1 Å². The second kappa shape index (κ2) is 14.8. The van der Waals surface area contributed by atoms with Crippen molar-refractivity contribution in [1.82, 2.24) is 16.0 Å². The minimum absolute atomic E-state index is 0.0934. The number of carbonyl (C=O) groups is 6. The Hall–Kier alpha value is -4.78. The van der Waals surface area contributed by atoms with Gasteiger partial charge in [0.15, 0.2) is 0 Å². The lowest BCUT2D eigenvalue weighted by molar-refractivity contribution is -0.145. The molecule has 2 aromatic rings. The fraction of sp³-hybridized carbons (Fsp3) is 0.308. The molecule has 0 bridgehead atoms. The molecule has 0 unspecified atom stereocenters. The van der Waals surface area contributed by atoms with Crippen molar-refractivity contribution in [2.45, 2.75) is 49.9 Å². The second-order valence-corrected chi connectivity index (χ2v) is 8.70. The summed E-state index contributed by atoms with van der Waals surface area (Å²) in [6, 6.07) is 11.0. The molecular formula is C26H30N4O9. The average molecular weight is 543 g/mol. The van der Waals surface area contributed by atoms with Gasteiger partial charge in [-0.15, -0.1) is 0 Å². The van der Waals surface area contributed by atoms with Gasteiger partial charge in [0.2, 0.25) is 17.7 Å². The first-order chi connectivity index (χ1) is 18.5. The van der Waals surface area contributed by atoms with Crippen LogP contribution in [0.1, 0.15) is 24.0 Å². The summed E-state index contributed by atoms with van der Waals surface area (Å²) in [5.41, 5.74) is 7.21. The molecule has 0 radical (unpaired) electrons. The van der Waals surface area contributed by atoms with Gasteiger partial charge in [0, 0.05) is 6.42 Å². The molecule has 4 atom stereocenters. The first-order valence-electron chi connectivity index (χ1n) is 11.9. The predicted molar refractivity (Wildman–Crippen MR) is 136 cm³/mol. The molecule has 0 heterocycles. The number of amides is 3. The lowest BCUT2D eigenvalue weighted by Crippen LogP contribution is -2.58. The van der Waals surface area contributed by atoms with Crippen molar-refractivity contribution in [2.24, 2.45) is 5.73 Å². The molecular weight excluding hydrogens is 512 g/mol. The summed E-state index contributed by atoms with van der Waals surface area (Å²) in [5.74, 6) is -7.46. The molecule has 0 fully saturated rings. The van der Waals surface area contributed by atoms with Crippen molar-refractivity contribution < 1.29 is 44.1 Å². The zero-order valence-corrected chi connectivity index (χ0v) is 20.8. The molecule has 3 amide bonds. The molecule has 0 aromatic heterocycles. The Morgan fingerprint density at radius 3 is 1.38 bits per heavy atom. The van der Waals surface area contributed by atoms with Crippen LogP contribution in [0.3, 0.4) is 0 Å². The predicted octanol–water partition coefficient (Wildman–Crippen LogP) is -0.712. The lowest BCUT2D eigenvalue weighted by Gasteiger charge is -2.24. The van der Waals surface area contributed by atoms with E-state index in [0.29, 0.717) is 5.56 Å². The maximum Gasteiger partial charge on any atom is 0.326 e. The van der Waals surface area contributed by atoms with Crippen LogP contribution in [-0.4, -0.2) is 75.1 Å². The highest BCUT2D eigenvalue weighted by Gasteiger charge is 2.32. The third-order valence-electron chi connectivity index (χ3n) is 5.56. The van der Waals surface area contributed by atoms with Crippen LogP contribution in [0.4, 0.5) is 0 Å². The Morgan fingerprint density at radius 1 is 0.590 bits per heavy atom. The smallest absolute Gasteiger partial charge is 0.326 e. The van der Waals surface area contributed by atoms with Gasteiger partial charge in [-0.25, -0.2) is 4.79 Å². The maximum atomic E-state index is 12.9. The number of carbonyl (C=O) groups excluding carboxylic acids is 3. The highest BCUT2D eigenvalue weighted by molar-refractivity contribution is 5.96. The molecule has 0 aliphatic heterocycles. The number of rotatable bonds is 15. The van der Waals surface area contributed by atoms with E-state index in [-0.39, 0.29) is 12.8 Å². The number of hydrogen-bond donors (Lipinski definition) is 7. The lowest BCUT2D eigenvalue weighted by atomic mass is 10.0. The van der Waals surface area contributed by atoms with Gasteiger partial charge < -0.3 is 37.0 Å². The van der Waals surface area contributed by atoms with E-state index in [2.05, 4.69) is 16.0 Å². The fourth-order valence-corrected chi connectivity index (χ4v) is 3.60. The molecule has 0 aliphatic rings. The number of carboxylic acids is 3. The summed E-state index contributed by atoms with van der Waals surface area (Å²) < 4.78 is 0. The van der Waals surface area contributed by atoms with Gasteiger partial charge >= 0.3 is 17.9 Å². The average Bonchev–Trinajstić information content (AvgIpc) is 2.88. The standard InChI is InChI=1S/C26H30N4O9/c27-17(11-15-7-3-1-4-8-15)23(35)28-18(13-21(31)32)24(36)29-19(14-22(33)34)25(37)30-20(26(38)39)12-16-9-5-2-6-10-16/h1-10,17-20H,11-14,27H2,(H,28,35)(H,29,36)(H,30,37)(H,31,32)(H,33,34)(H,38,39)/t17-,18-,19-,20-/m0/s1. The van der Waals surface area contributed by atoms with Crippen molar-refractivity contribution in [3.63, 3.8) is 0 Å². The third-order valence-corrected chi connectivity index (χ3v) is 5.56. The first-order valence-corrected chi connectivity index (χ1v) is 11.9. The SMILES string of the molecule is N[C@@H](Cc1ccccc1)C(=O)N[C@@H](CC(=O)O)C(=O)N[C@@H](CC(=O)O)C(=O)N[C@@H](Cc1ccccc1)C(=O)O. The van der Waals surface area contributed by atoms with E-state index in [0.717, 1.165) is 5.56 Å². The van der Waals surface area contributed by atoms with E-state index < -0.39 is 72.6 Å². The Bertz CT molecular complexity index is 1170. The van der Waals surface area contributed by atoms with E-state index in [4.69, 9.17) is 5.73 Å². The highest BCUT2D eigenvalue weighted by Crippen LogP contribution is 2.06. The molecule has 39 heavy (non-hydrogen) atoms. The first kappa shape index (κ1) is 30.4. The Balaban J connectivity index is 2.13. The summed E-state index contributed by atoms with van der Waals surface area (Å²) in [5, 5.41) is 34.5. The molecule has 0 saturated heterocycles. The van der Waals surface area contributed by atoms with E-state index in [1.165, 1.54) is 0 Å². The summed E-state index contributed by atoms with van der Waals surface area (Å²) in [7, 11) is 0. The second-order valence-electron chi connectivity index (χ2n) is 8.70. The van der Waals surface area contributed by atoms with E-state index in [1.807, 2.05) is 0 Å². The van der Waals surface area contributed by atoms with Crippen molar-refractivity contribution in [3.8, 4) is 0 Å². The molecule has 0 spiro atoms. The number of hydrogen-bond acceptors (Lipinski definition) is 7. The fourth-order valence-electron chi connectivity index (χ4n) is 3.60. The van der Waals surface area contributed by atoms with E-state index >= 15 is 0 Å². The van der Waals surface area contributed by atoms with Gasteiger partial charge in [-0.2, -0.15) is 0 Å². The van der Waals surface area contributed by atoms with Gasteiger partial charge in [-0.05, 0) is 17.5 Å². The topological polar surface area (TPSA) is 225 Å². The van der Waals surface area contributed by atoms with Crippen molar-refractivity contribution in [1.29, 1.82) is 0 Å². The van der Waals surface area contributed by atoms with Gasteiger partial charge in [0.05, 0.1) is 18.9 Å². The number of nitrogens with one attached hydrogen (secondary N) is 3. The summed E-state index contributed by atoms with van der Waals surface area (Å²) in [6.07, 6.45) is -1.85. The van der Waals surface area contributed by atoms with Gasteiger partial charge in [-0.3, -0.25) is 24.0 Å².